The maximum absolute atomic E-state index is 8.39. The van der Waals surface area contributed by atoms with E-state index in [1.54, 1.807) is 0 Å². The van der Waals surface area contributed by atoms with Crippen LogP contribution in [0, 0.1) is 5.92 Å². The zero-order chi connectivity index (χ0) is 8.27. The van der Waals surface area contributed by atoms with Crippen molar-refractivity contribution in [2.75, 3.05) is 0 Å². The first-order valence-corrected chi connectivity index (χ1v) is 4.05. The fourth-order valence-electron chi connectivity index (χ4n) is 1.56. The molecule has 1 aliphatic carbocycles. The van der Waals surface area contributed by atoms with E-state index in [2.05, 4.69) is 6.92 Å². The van der Waals surface area contributed by atoms with Crippen molar-refractivity contribution in [2.24, 2.45) is 5.92 Å². The van der Waals surface area contributed by atoms with Crippen molar-refractivity contribution in [1.29, 1.82) is 0 Å². The van der Waals surface area contributed by atoms with Gasteiger partial charge in [-0.3, -0.25) is 10.4 Å². The van der Waals surface area contributed by atoms with Crippen LogP contribution in [0.25, 0.3) is 0 Å². The molecule has 0 aliphatic heterocycles. The van der Waals surface area contributed by atoms with Gasteiger partial charge in [-0.1, -0.05) is 19.8 Å². The Labute approximate surface area is 66.2 Å². The molecule has 0 aromatic carbocycles. The van der Waals surface area contributed by atoms with E-state index >= 15 is 0 Å². The van der Waals surface area contributed by atoms with Crippen LogP contribution in [0.4, 0.5) is 0 Å². The molecule has 0 amide bonds. The third kappa shape index (κ3) is 2.75. The summed E-state index contributed by atoms with van der Waals surface area (Å²) in [6.07, 6.45) is 4.33. The zero-order valence-electron chi connectivity index (χ0n) is 6.73. The molecule has 0 spiro atoms. The number of rotatable bonds is 2. The van der Waals surface area contributed by atoms with Crippen LogP contribution in [0.2, 0.25) is 0 Å². The van der Waals surface area contributed by atoms with Gasteiger partial charge in [0.25, 0.3) is 0 Å². The molecular weight excluding hydrogens is 146 g/mol. The number of hydrogen-bond acceptors (Lipinski definition) is 4. The van der Waals surface area contributed by atoms with Crippen molar-refractivity contribution in [3.63, 3.8) is 0 Å². The maximum Gasteiger partial charge on any atom is 0.0869 e. The van der Waals surface area contributed by atoms with Crippen molar-refractivity contribution in [1.82, 2.24) is 5.39 Å². The Hall–Kier alpha value is -0.160. The first kappa shape index (κ1) is 8.93. The van der Waals surface area contributed by atoms with Gasteiger partial charge < -0.3 is 0 Å². The quantitative estimate of drug-likeness (QED) is 0.604. The first-order chi connectivity index (χ1) is 5.20. The molecule has 0 saturated heterocycles. The smallest absolute Gasteiger partial charge is 0.0869 e. The summed E-state index contributed by atoms with van der Waals surface area (Å²) in [6, 6.07) is 0. The Bertz CT molecular complexity index is 118. The molecule has 1 aliphatic rings. The molecule has 11 heavy (non-hydrogen) atoms. The normalized spacial score (nSPS) is 32.7. The van der Waals surface area contributed by atoms with Crippen LogP contribution in [0.3, 0.4) is 0 Å². The fraction of sp³-hybridized carbons (Fsp3) is 1.00. The van der Waals surface area contributed by atoms with Crippen molar-refractivity contribution in [3.05, 3.63) is 0 Å². The molecule has 2 N–H and O–H groups in total. The molecule has 2 atom stereocenters. The summed E-state index contributed by atoms with van der Waals surface area (Å²) >= 11 is 0. The first-order valence-electron chi connectivity index (χ1n) is 4.05. The minimum atomic E-state index is -0.174. The van der Waals surface area contributed by atoms with E-state index in [9.17, 15) is 0 Å². The van der Waals surface area contributed by atoms with Crippen LogP contribution in [-0.2, 0) is 4.84 Å². The molecule has 1 saturated carbocycles. The van der Waals surface area contributed by atoms with E-state index in [0.29, 0.717) is 5.92 Å². The van der Waals surface area contributed by atoms with Crippen LogP contribution < -0.4 is 0 Å². The predicted molar refractivity (Wildman–Crippen MR) is 37.9 cm³/mol. The largest absolute Gasteiger partial charge is 0.266 e. The second-order valence-corrected chi connectivity index (χ2v) is 3.16. The van der Waals surface area contributed by atoms with Gasteiger partial charge in [0.05, 0.1) is 11.5 Å². The van der Waals surface area contributed by atoms with Gasteiger partial charge in [-0.25, -0.2) is 4.84 Å². The van der Waals surface area contributed by atoms with Crippen molar-refractivity contribution < 1.29 is 15.3 Å². The third-order valence-corrected chi connectivity index (χ3v) is 2.26. The molecule has 0 heterocycles. The van der Waals surface area contributed by atoms with Gasteiger partial charge in [0.2, 0.25) is 0 Å². The molecule has 4 nitrogen and oxygen atoms in total. The van der Waals surface area contributed by atoms with E-state index in [-0.39, 0.29) is 11.5 Å². The lowest BCUT2D eigenvalue weighted by molar-refractivity contribution is -0.509. The summed E-state index contributed by atoms with van der Waals surface area (Å²) in [5.74, 6) is 0.422. The van der Waals surface area contributed by atoms with Gasteiger partial charge in [-0.05, 0) is 18.8 Å². The SMILES string of the molecule is C[C@H]1CCCC[C@H]1ON(O)O. The summed E-state index contributed by atoms with van der Waals surface area (Å²) in [4.78, 5) is 4.75. The molecule has 0 aromatic heterocycles. The van der Waals surface area contributed by atoms with E-state index in [4.69, 9.17) is 15.3 Å². The highest BCUT2D eigenvalue weighted by atomic mass is 17.1. The molecule has 4 heteroatoms. The summed E-state index contributed by atoms with van der Waals surface area (Å²) in [7, 11) is 0. The van der Waals surface area contributed by atoms with E-state index < -0.39 is 0 Å². The highest BCUT2D eigenvalue weighted by Crippen LogP contribution is 2.26. The summed E-state index contributed by atoms with van der Waals surface area (Å²) in [5, 5.41) is 16.6. The Morgan fingerprint density at radius 1 is 1.27 bits per heavy atom. The van der Waals surface area contributed by atoms with E-state index in [1.165, 1.54) is 6.42 Å². The Morgan fingerprint density at radius 2 is 1.91 bits per heavy atom. The summed E-state index contributed by atoms with van der Waals surface area (Å²) in [6.45, 7) is 2.06. The molecule has 0 unspecified atom stereocenters. The molecule has 0 radical (unpaired) electrons. The Morgan fingerprint density at radius 3 is 2.45 bits per heavy atom. The summed E-state index contributed by atoms with van der Waals surface area (Å²) in [5.41, 5.74) is 0. The monoisotopic (exact) mass is 161 g/mol. The van der Waals surface area contributed by atoms with Gasteiger partial charge >= 0.3 is 0 Å². The van der Waals surface area contributed by atoms with Gasteiger partial charge in [-0.15, -0.1) is 0 Å². The summed E-state index contributed by atoms with van der Waals surface area (Å²) < 4.78 is 0. The van der Waals surface area contributed by atoms with E-state index in [0.717, 1.165) is 19.3 Å². The van der Waals surface area contributed by atoms with E-state index in [1.807, 2.05) is 0 Å². The molecule has 66 valence electrons. The lowest BCUT2D eigenvalue weighted by Crippen LogP contribution is -2.31. The maximum atomic E-state index is 8.39. The van der Waals surface area contributed by atoms with Crippen LogP contribution in [0.1, 0.15) is 32.6 Å². The Kier molecular flexibility index (Phi) is 3.26. The topological polar surface area (TPSA) is 52.9 Å². The minimum Gasteiger partial charge on any atom is -0.266 e. The Balaban J connectivity index is 2.29. The standard InChI is InChI=1S/C7H15NO3/c1-6-4-2-3-5-7(6)11-8(9)10/h6-7,9-10H,2-5H2,1H3/t6-,7+/m0/s1. The molecule has 0 aromatic rings. The molecular formula is C7H15NO3. The highest BCUT2D eigenvalue weighted by Gasteiger charge is 2.23. The van der Waals surface area contributed by atoms with Crippen molar-refractivity contribution >= 4 is 0 Å². The minimum absolute atomic E-state index is 0.0289. The average Bonchev–Trinajstić information content (AvgIpc) is 1.93. The van der Waals surface area contributed by atoms with Gasteiger partial charge in [0.1, 0.15) is 0 Å². The third-order valence-electron chi connectivity index (χ3n) is 2.26. The van der Waals surface area contributed by atoms with Crippen molar-refractivity contribution in [2.45, 2.75) is 38.7 Å². The van der Waals surface area contributed by atoms with Crippen molar-refractivity contribution in [3.8, 4) is 0 Å². The number of hydrogen-bond donors (Lipinski definition) is 2. The van der Waals surface area contributed by atoms with Gasteiger partial charge in [0.15, 0.2) is 0 Å². The highest BCUT2D eigenvalue weighted by molar-refractivity contribution is 4.71. The van der Waals surface area contributed by atoms with Crippen LogP contribution in [-0.4, -0.2) is 21.9 Å². The second-order valence-electron chi connectivity index (χ2n) is 3.16. The van der Waals surface area contributed by atoms with Gasteiger partial charge in [0, 0.05) is 0 Å². The molecule has 1 rings (SSSR count). The zero-order valence-corrected chi connectivity index (χ0v) is 6.73. The average molecular weight is 161 g/mol. The lowest BCUT2D eigenvalue weighted by Gasteiger charge is -2.28. The van der Waals surface area contributed by atoms with Crippen LogP contribution >= 0.6 is 0 Å². The van der Waals surface area contributed by atoms with Gasteiger partial charge in [-0.2, -0.15) is 0 Å². The van der Waals surface area contributed by atoms with Crippen LogP contribution in [0.5, 0.6) is 0 Å². The van der Waals surface area contributed by atoms with Crippen LogP contribution in [0.15, 0.2) is 0 Å². The molecule has 0 bridgehead atoms. The molecule has 1 fully saturated rings. The lowest BCUT2D eigenvalue weighted by atomic mass is 9.88. The second kappa shape index (κ2) is 4.01. The number of nitrogens with zero attached hydrogens (tertiary/aromatic N) is 1. The fourth-order valence-corrected chi connectivity index (χ4v) is 1.56. The predicted octanol–water partition coefficient (Wildman–Crippen LogP) is 1.58.